The molecule has 7 nitrogen and oxygen atoms in total. The molecule has 180 valence electrons. The van der Waals surface area contributed by atoms with Crippen LogP contribution in [0, 0.1) is 0 Å². The normalized spacial score (nSPS) is 11.9. The van der Waals surface area contributed by atoms with Crippen molar-refractivity contribution < 1.29 is 9.47 Å². The third-order valence-electron chi connectivity index (χ3n) is 5.73. The lowest BCUT2D eigenvalue weighted by Crippen LogP contribution is -2.25. The van der Waals surface area contributed by atoms with Crippen molar-refractivity contribution in [3.8, 4) is 22.8 Å². The van der Waals surface area contributed by atoms with Crippen LogP contribution in [0.5, 0.6) is 11.5 Å². The first-order valence-corrected chi connectivity index (χ1v) is 11.2. The quantitative estimate of drug-likeness (QED) is 0.369. The Balaban J connectivity index is 0.00000324. The van der Waals surface area contributed by atoms with Gasteiger partial charge in [0.2, 0.25) is 0 Å². The molecular weight excluding hydrogens is 426 g/mol. The van der Waals surface area contributed by atoms with Gasteiger partial charge in [0.05, 0.1) is 43.3 Å². The number of fused-ring (bicyclic) bond motifs is 1. The molecular formula is C27H35N5O2. The van der Waals surface area contributed by atoms with Crippen molar-refractivity contribution >= 4 is 11.0 Å². The average molecular weight is 462 g/mol. The molecule has 0 saturated carbocycles. The fourth-order valence-corrected chi connectivity index (χ4v) is 4.01. The highest BCUT2D eigenvalue weighted by Gasteiger charge is 2.18. The van der Waals surface area contributed by atoms with E-state index in [4.69, 9.17) is 14.5 Å². The molecule has 0 bridgehead atoms. The first kappa shape index (κ1) is 25.2. The summed E-state index contributed by atoms with van der Waals surface area (Å²) in [6.45, 7) is 5.21. The summed E-state index contributed by atoms with van der Waals surface area (Å²) >= 11 is 0. The minimum atomic E-state index is 0. The van der Waals surface area contributed by atoms with E-state index >= 15 is 0 Å². The Morgan fingerprint density at radius 1 is 0.941 bits per heavy atom. The van der Waals surface area contributed by atoms with E-state index in [-0.39, 0.29) is 13.3 Å². The lowest BCUT2D eigenvalue weighted by molar-refractivity contribution is 0.392. The Morgan fingerprint density at radius 2 is 1.68 bits per heavy atom. The molecule has 2 heterocycles. The van der Waals surface area contributed by atoms with Gasteiger partial charge in [0, 0.05) is 36.8 Å². The van der Waals surface area contributed by atoms with Gasteiger partial charge in [-0.05, 0) is 48.4 Å². The van der Waals surface area contributed by atoms with E-state index in [1.807, 2.05) is 31.6 Å². The van der Waals surface area contributed by atoms with Gasteiger partial charge in [-0.25, -0.2) is 4.98 Å². The Bertz CT molecular complexity index is 1210. The number of nitrogens with zero attached hydrogens (tertiary/aromatic N) is 4. The number of hydrogen-bond acceptors (Lipinski definition) is 6. The monoisotopic (exact) mass is 461 g/mol. The van der Waals surface area contributed by atoms with Crippen molar-refractivity contribution in [3.63, 3.8) is 0 Å². The molecule has 2 aromatic heterocycles. The standard InChI is InChI=1S/C26H31N5O2.CH4/c1-17(2)27-9-8-23(19-10-21(32-4)13-22(11-19)33-5)18-6-7-24-25(12-18)30-26(15-28-24)20-14-29-31(3)16-20;/h6-7,10-17,23,27H,8-9H2,1-5H3;1H4/t23-;/m0./s1. The SMILES string of the molecule is C.COc1cc(OC)cc([C@@H](CCNC(C)C)c2ccc3ncc(-c4cnn(C)c4)nc3c2)c1. The number of benzene rings is 2. The van der Waals surface area contributed by atoms with Crippen LogP contribution in [0.4, 0.5) is 0 Å². The van der Waals surface area contributed by atoms with E-state index < -0.39 is 0 Å². The van der Waals surface area contributed by atoms with Gasteiger partial charge in [0.1, 0.15) is 11.5 Å². The summed E-state index contributed by atoms with van der Waals surface area (Å²) in [6, 6.07) is 12.8. The number of aryl methyl sites for hydroxylation is 1. The second-order valence-electron chi connectivity index (χ2n) is 8.50. The summed E-state index contributed by atoms with van der Waals surface area (Å²) in [6.07, 6.45) is 6.48. The van der Waals surface area contributed by atoms with Crippen LogP contribution in [0.15, 0.2) is 55.0 Å². The third kappa shape index (κ3) is 5.72. The molecule has 0 radical (unpaired) electrons. The number of methoxy groups -OCH3 is 2. The fourth-order valence-electron chi connectivity index (χ4n) is 4.01. The maximum Gasteiger partial charge on any atom is 0.122 e. The number of rotatable bonds is 9. The maximum atomic E-state index is 5.54. The molecule has 34 heavy (non-hydrogen) atoms. The predicted molar refractivity (Wildman–Crippen MR) is 138 cm³/mol. The lowest BCUT2D eigenvalue weighted by Gasteiger charge is -2.21. The van der Waals surface area contributed by atoms with Crippen LogP contribution < -0.4 is 14.8 Å². The van der Waals surface area contributed by atoms with Gasteiger partial charge in [-0.3, -0.25) is 9.67 Å². The van der Waals surface area contributed by atoms with Gasteiger partial charge in [0.25, 0.3) is 0 Å². The zero-order chi connectivity index (χ0) is 23.4. The average Bonchev–Trinajstić information content (AvgIpc) is 3.26. The molecule has 0 unspecified atom stereocenters. The van der Waals surface area contributed by atoms with Gasteiger partial charge >= 0.3 is 0 Å². The largest absolute Gasteiger partial charge is 0.497 e. The van der Waals surface area contributed by atoms with E-state index in [1.165, 1.54) is 5.56 Å². The smallest absolute Gasteiger partial charge is 0.122 e. The number of hydrogen-bond donors (Lipinski definition) is 1. The van der Waals surface area contributed by atoms with Gasteiger partial charge in [-0.1, -0.05) is 27.3 Å². The van der Waals surface area contributed by atoms with Crippen LogP contribution in [-0.4, -0.2) is 46.6 Å². The van der Waals surface area contributed by atoms with Crippen molar-refractivity contribution in [2.75, 3.05) is 20.8 Å². The second-order valence-corrected chi connectivity index (χ2v) is 8.50. The fraction of sp³-hybridized carbons (Fsp3) is 0.370. The minimum absolute atomic E-state index is 0. The van der Waals surface area contributed by atoms with Gasteiger partial charge in [-0.15, -0.1) is 0 Å². The van der Waals surface area contributed by atoms with Crippen molar-refractivity contribution in [3.05, 3.63) is 66.1 Å². The van der Waals surface area contributed by atoms with Crippen molar-refractivity contribution in [1.29, 1.82) is 0 Å². The molecule has 0 amide bonds. The molecule has 2 aromatic carbocycles. The molecule has 4 aromatic rings. The number of ether oxygens (including phenoxy) is 2. The van der Waals surface area contributed by atoms with Crippen molar-refractivity contribution in [1.82, 2.24) is 25.1 Å². The molecule has 4 rings (SSSR count). The highest BCUT2D eigenvalue weighted by molar-refractivity contribution is 5.78. The molecule has 0 saturated heterocycles. The van der Waals surface area contributed by atoms with Crippen LogP contribution >= 0.6 is 0 Å². The van der Waals surface area contributed by atoms with E-state index in [2.05, 4.69) is 53.5 Å². The van der Waals surface area contributed by atoms with E-state index in [1.54, 1.807) is 25.1 Å². The van der Waals surface area contributed by atoms with Gasteiger partial charge in [0.15, 0.2) is 0 Å². The van der Waals surface area contributed by atoms with Gasteiger partial charge in [-0.2, -0.15) is 5.10 Å². The van der Waals surface area contributed by atoms with Gasteiger partial charge < -0.3 is 14.8 Å². The molecule has 1 atom stereocenters. The van der Waals surface area contributed by atoms with Crippen LogP contribution in [0.3, 0.4) is 0 Å². The molecule has 0 spiro atoms. The van der Waals surface area contributed by atoms with Crippen molar-refractivity contribution in [2.24, 2.45) is 7.05 Å². The molecule has 0 aliphatic rings. The molecule has 7 heteroatoms. The molecule has 0 fully saturated rings. The summed E-state index contributed by atoms with van der Waals surface area (Å²) in [5, 5.41) is 7.80. The second kappa shape index (κ2) is 11.1. The Morgan fingerprint density at radius 3 is 2.29 bits per heavy atom. The summed E-state index contributed by atoms with van der Waals surface area (Å²) in [7, 11) is 5.26. The summed E-state index contributed by atoms with van der Waals surface area (Å²) in [4.78, 5) is 9.52. The maximum absolute atomic E-state index is 5.54. The van der Waals surface area contributed by atoms with Crippen LogP contribution in [0.25, 0.3) is 22.3 Å². The van der Waals surface area contributed by atoms with E-state index in [0.29, 0.717) is 6.04 Å². The van der Waals surface area contributed by atoms with Crippen molar-refractivity contribution in [2.45, 2.75) is 39.7 Å². The van der Waals surface area contributed by atoms with E-state index in [0.717, 1.165) is 52.3 Å². The first-order chi connectivity index (χ1) is 16.0. The summed E-state index contributed by atoms with van der Waals surface area (Å²) in [5.74, 6) is 1.71. The molecule has 0 aliphatic heterocycles. The molecule has 0 aliphatic carbocycles. The minimum Gasteiger partial charge on any atom is -0.497 e. The Hall–Kier alpha value is -3.45. The first-order valence-electron chi connectivity index (χ1n) is 11.2. The highest BCUT2D eigenvalue weighted by atomic mass is 16.5. The highest BCUT2D eigenvalue weighted by Crippen LogP contribution is 2.34. The third-order valence-corrected chi connectivity index (χ3v) is 5.73. The Kier molecular flexibility index (Phi) is 8.23. The van der Waals surface area contributed by atoms with E-state index in [9.17, 15) is 0 Å². The van der Waals surface area contributed by atoms with Crippen LogP contribution in [0.2, 0.25) is 0 Å². The zero-order valence-electron chi connectivity index (χ0n) is 19.9. The summed E-state index contributed by atoms with van der Waals surface area (Å²) in [5.41, 5.74) is 5.83. The lowest BCUT2D eigenvalue weighted by atomic mass is 9.87. The predicted octanol–water partition coefficient (Wildman–Crippen LogP) is 5.20. The topological polar surface area (TPSA) is 74.1 Å². The van der Waals surface area contributed by atoms with Crippen LogP contribution in [-0.2, 0) is 7.05 Å². The zero-order valence-corrected chi connectivity index (χ0v) is 19.9. The molecule has 1 N–H and O–H groups in total. The number of aromatic nitrogens is 4. The van der Waals surface area contributed by atoms with Crippen LogP contribution in [0.1, 0.15) is 44.7 Å². The Labute approximate surface area is 202 Å². The number of nitrogens with one attached hydrogen (secondary N) is 1. The summed E-state index contributed by atoms with van der Waals surface area (Å²) < 4.78 is 12.8.